The zero-order valence-electron chi connectivity index (χ0n) is 16.1. The summed E-state index contributed by atoms with van der Waals surface area (Å²) in [7, 11) is -3.84. The molecule has 0 aliphatic heterocycles. The van der Waals surface area contributed by atoms with Crippen LogP contribution in [-0.4, -0.2) is 32.9 Å². The van der Waals surface area contributed by atoms with Gasteiger partial charge in [-0.2, -0.15) is 4.72 Å². The third-order valence-corrected chi connectivity index (χ3v) is 6.05. The van der Waals surface area contributed by atoms with Crippen molar-refractivity contribution < 1.29 is 22.7 Å². The predicted octanol–water partition coefficient (Wildman–Crippen LogP) is 3.71. The van der Waals surface area contributed by atoms with Crippen LogP contribution in [0.5, 0.6) is 0 Å². The Morgan fingerprint density at radius 3 is 2.28 bits per heavy atom. The normalized spacial score (nSPS) is 12.2. The molecule has 0 saturated carbocycles. The summed E-state index contributed by atoms with van der Waals surface area (Å²) in [5.41, 5.74) is 0.817. The van der Waals surface area contributed by atoms with Crippen LogP contribution >= 0.6 is 15.9 Å². The second-order valence-corrected chi connectivity index (χ2v) is 8.98. The summed E-state index contributed by atoms with van der Waals surface area (Å²) in [4.78, 5) is 24.3. The van der Waals surface area contributed by atoms with E-state index in [1.54, 1.807) is 36.4 Å². The van der Waals surface area contributed by atoms with Gasteiger partial charge in [0.05, 0.1) is 23.1 Å². The number of esters is 1. The molecule has 2 aromatic rings. The SMILES string of the molecule is CCCCOC(=O)c1ccc(NC(=O)[C@H](C)NS(=O)(=O)c2ccc(Br)cc2)cc1. The fraction of sp³-hybridized carbons (Fsp3) is 0.300. The molecule has 0 heterocycles. The van der Waals surface area contributed by atoms with Crippen LogP contribution in [0.3, 0.4) is 0 Å². The highest BCUT2D eigenvalue weighted by atomic mass is 79.9. The van der Waals surface area contributed by atoms with Crippen molar-refractivity contribution in [1.29, 1.82) is 0 Å². The Morgan fingerprint density at radius 2 is 1.69 bits per heavy atom. The van der Waals surface area contributed by atoms with E-state index in [2.05, 4.69) is 26.0 Å². The molecule has 0 bridgehead atoms. The number of ether oxygens (including phenoxy) is 1. The van der Waals surface area contributed by atoms with Crippen LogP contribution in [0.15, 0.2) is 57.9 Å². The van der Waals surface area contributed by atoms with E-state index in [0.717, 1.165) is 17.3 Å². The maximum atomic E-state index is 12.4. The Morgan fingerprint density at radius 1 is 1.07 bits per heavy atom. The maximum absolute atomic E-state index is 12.4. The topological polar surface area (TPSA) is 102 Å². The van der Waals surface area contributed by atoms with Gasteiger partial charge in [-0.1, -0.05) is 29.3 Å². The van der Waals surface area contributed by atoms with E-state index in [4.69, 9.17) is 4.74 Å². The number of carbonyl (C=O) groups is 2. The molecule has 29 heavy (non-hydrogen) atoms. The number of halogens is 1. The quantitative estimate of drug-likeness (QED) is 0.418. The third-order valence-electron chi connectivity index (χ3n) is 3.97. The molecule has 2 N–H and O–H groups in total. The van der Waals surface area contributed by atoms with Gasteiger partial charge in [0, 0.05) is 10.2 Å². The van der Waals surface area contributed by atoms with E-state index in [1.807, 2.05) is 6.92 Å². The van der Waals surface area contributed by atoms with Crippen molar-refractivity contribution in [3.8, 4) is 0 Å². The minimum atomic E-state index is -3.84. The molecule has 1 amide bonds. The van der Waals surface area contributed by atoms with Crippen LogP contribution in [0.2, 0.25) is 0 Å². The molecule has 0 aromatic heterocycles. The van der Waals surface area contributed by atoms with E-state index < -0.39 is 27.9 Å². The number of sulfonamides is 1. The maximum Gasteiger partial charge on any atom is 0.338 e. The number of unbranched alkanes of at least 4 members (excludes halogenated alkanes) is 1. The number of anilines is 1. The lowest BCUT2D eigenvalue weighted by molar-refractivity contribution is -0.117. The lowest BCUT2D eigenvalue weighted by Gasteiger charge is -2.15. The zero-order valence-corrected chi connectivity index (χ0v) is 18.5. The Balaban J connectivity index is 1.95. The highest BCUT2D eigenvalue weighted by Crippen LogP contribution is 2.15. The van der Waals surface area contributed by atoms with Crippen molar-refractivity contribution in [2.75, 3.05) is 11.9 Å². The van der Waals surface area contributed by atoms with E-state index >= 15 is 0 Å². The van der Waals surface area contributed by atoms with Crippen molar-refractivity contribution >= 4 is 43.5 Å². The van der Waals surface area contributed by atoms with Gasteiger partial charge in [0.25, 0.3) is 0 Å². The highest BCUT2D eigenvalue weighted by Gasteiger charge is 2.22. The van der Waals surface area contributed by atoms with E-state index in [-0.39, 0.29) is 4.90 Å². The van der Waals surface area contributed by atoms with Gasteiger partial charge in [0.15, 0.2) is 0 Å². The molecular formula is C20H23BrN2O5S. The fourth-order valence-electron chi connectivity index (χ4n) is 2.30. The largest absolute Gasteiger partial charge is 0.462 e. The highest BCUT2D eigenvalue weighted by molar-refractivity contribution is 9.10. The molecule has 156 valence electrons. The van der Waals surface area contributed by atoms with Crippen LogP contribution in [0.1, 0.15) is 37.0 Å². The minimum absolute atomic E-state index is 0.0614. The Labute approximate surface area is 179 Å². The Hall–Kier alpha value is -2.23. The van der Waals surface area contributed by atoms with Gasteiger partial charge >= 0.3 is 5.97 Å². The van der Waals surface area contributed by atoms with E-state index in [9.17, 15) is 18.0 Å². The molecule has 9 heteroatoms. The van der Waals surface area contributed by atoms with Crippen LogP contribution in [0, 0.1) is 0 Å². The number of benzene rings is 2. The van der Waals surface area contributed by atoms with Gasteiger partial charge < -0.3 is 10.1 Å². The van der Waals surface area contributed by atoms with Crippen molar-refractivity contribution in [2.45, 2.75) is 37.6 Å². The smallest absolute Gasteiger partial charge is 0.338 e. The van der Waals surface area contributed by atoms with Crippen molar-refractivity contribution in [3.63, 3.8) is 0 Å². The van der Waals surface area contributed by atoms with Crippen LogP contribution < -0.4 is 10.0 Å². The molecule has 7 nitrogen and oxygen atoms in total. The third kappa shape index (κ3) is 6.95. The van der Waals surface area contributed by atoms with Crippen LogP contribution in [0.4, 0.5) is 5.69 Å². The number of rotatable bonds is 9. The van der Waals surface area contributed by atoms with Gasteiger partial charge in [0.1, 0.15) is 0 Å². The second-order valence-electron chi connectivity index (χ2n) is 6.35. The van der Waals surface area contributed by atoms with E-state index in [0.29, 0.717) is 17.9 Å². The number of hydrogen-bond donors (Lipinski definition) is 2. The zero-order chi connectivity index (χ0) is 21.4. The molecule has 0 spiro atoms. The first kappa shape index (κ1) is 23.1. The summed E-state index contributed by atoms with van der Waals surface area (Å²) in [6.07, 6.45) is 1.73. The van der Waals surface area contributed by atoms with Crippen LogP contribution in [-0.2, 0) is 19.6 Å². The summed E-state index contributed by atoms with van der Waals surface area (Å²) >= 11 is 3.24. The van der Waals surface area contributed by atoms with Crippen molar-refractivity contribution in [1.82, 2.24) is 4.72 Å². The van der Waals surface area contributed by atoms with Crippen molar-refractivity contribution in [2.24, 2.45) is 0 Å². The first-order chi connectivity index (χ1) is 13.7. The summed E-state index contributed by atoms with van der Waals surface area (Å²) in [5.74, 6) is -0.948. The number of hydrogen-bond acceptors (Lipinski definition) is 5. The minimum Gasteiger partial charge on any atom is -0.462 e. The average Bonchev–Trinajstić information content (AvgIpc) is 2.68. The summed E-state index contributed by atoms with van der Waals surface area (Å²) in [6, 6.07) is 11.3. The van der Waals surface area contributed by atoms with Gasteiger partial charge in [-0.3, -0.25) is 4.79 Å². The Kier molecular flexibility index (Phi) is 8.36. The standard InChI is InChI=1S/C20H23BrN2O5S/c1-3-4-13-28-20(25)15-5-9-17(10-6-15)22-19(24)14(2)23-29(26,27)18-11-7-16(21)8-12-18/h5-12,14,23H,3-4,13H2,1-2H3,(H,22,24)/t14-/m0/s1. The first-order valence-electron chi connectivity index (χ1n) is 9.09. The van der Waals surface area contributed by atoms with Gasteiger partial charge in [-0.05, 0) is 61.9 Å². The fourth-order valence-corrected chi connectivity index (χ4v) is 3.77. The molecule has 0 radical (unpaired) electrons. The number of carbonyl (C=O) groups excluding carboxylic acids is 2. The number of nitrogens with one attached hydrogen (secondary N) is 2. The monoisotopic (exact) mass is 482 g/mol. The average molecular weight is 483 g/mol. The molecule has 0 saturated heterocycles. The molecule has 0 fully saturated rings. The summed E-state index contributed by atoms with van der Waals surface area (Å²) < 4.78 is 33.0. The molecule has 0 aliphatic carbocycles. The second kappa shape index (κ2) is 10.5. The summed E-state index contributed by atoms with van der Waals surface area (Å²) in [6.45, 7) is 3.82. The number of amides is 1. The predicted molar refractivity (Wildman–Crippen MR) is 114 cm³/mol. The van der Waals surface area contributed by atoms with Gasteiger partial charge in [-0.15, -0.1) is 0 Å². The molecule has 2 aromatic carbocycles. The molecule has 1 atom stereocenters. The molecular weight excluding hydrogens is 460 g/mol. The van der Waals surface area contributed by atoms with Crippen LogP contribution in [0.25, 0.3) is 0 Å². The van der Waals surface area contributed by atoms with Gasteiger partial charge in [-0.25, -0.2) is 13.2 Å². The Bertz CT molecular complexity index is 944. The molecule has 0 aliphatic rings. The van der Waals surface area contributed by atoms with Gasteiger partial charge in [0.2, 0.25) is 15.9 Å². The first-order valence-corrected chi connectivity index (χ1v) is 11.4. The van der Waals surface area contributed by atoms with E-state index in [1.165, 1.54) is 19.1 Å². The lowest BCUT2D eigenvalue weighted by Crippen LogP contribution is -2.41. The summed E-state index contributed by atoms with van der Waals surface area (Å²) in [5, 5.41) is 2.62. The molecule has 2 rings (SSSR count). The molecule has 0 unspecified atom stereocenters. The lowest BCUT2D eigenvalue weighted by atomic mass is 10.2. The van der Waals surface area contributed by atoms with Crippen molar-refractivity contribution in [3.05, 3.63) is 58.6 Å².